The smallest absolute Gasteiger partial charge is 0.128 e. The van der Waals surface area contributed by atoms with E-state index < -0.39 is 6.10 Å². The van der Waals surface area contributed by atoms with Crippen molar-refractivity contribution in [3.63, 3.8) is 0 Å². The van der Waals surface area contributed by atoms with Crippen molar-refractivity contribution in [1.82, 2.24) is 0 Å². The van der Waals surface area contributed by atoms with E-state index in [0.717, 1.165) is 12.8 Å². The van der Waals surface area contributed by atoms with Gasteiger partial charge in [0.25, 0.3) is 0 Å². The Balaban J connectivity index is 1.95. The van der Waals surface area contributed by atoms with Crippen LogP contribution in [0.5, 0.6) is 5.75 Å². The van der Waals surface area contributed by atoms with Crippen LogP contribution in [0.15, 0.2) is 18.2 Å². The van der Waals surface area contributed by atoms with E-state index in [1.54, 1.807) is 6.07 Å². The lowest BCUT2D eigenvalue weighted by Crippen LogP contribution is -2.45. The lowest BCUT2D eigenvalue weighted by molar-refractivity contribution is -0.0840. The van der Waals surface area contributed by atoms with Gasteiger partial charge < -0.3 is 14.6 Å². The fourth-order valence-electron chi connectivity index (χ4n) is 2.66. The molecular formula is C13H15FO3. The van der Waals surface area contributed by atoms with Crippen LogP contribution in [0.2, 0.25) is 0 Å². The summed E-state index contributed by atoms with van der Waals surface area (Å²) in [7, 11) is 0. The van der Waals surface area contributed by atoms with Gasteiger partial charge in [-0.25, -0.2) is 4.39 Å². The molecule has 0 unspecified atom stereocenters. The Morgan fingerprint density at radius 3 is 2.82 bits per heavy atom. The largest absolute Gasteiger partial charge is 0.486 e. The molecule has 1 aromatic carbocycles. The zero-order valence-electron chi connectivity index (χ0n) is 9.49. The van der Waals surface area contributed by atoms with Gasteiger partial charge in [0, 0.05) is 30.9 Å². The molecule has 0 aliphatic carbocycles. The first-order valence-electron chi connectivity index (χ1n) is 5.93. The van der Waals surface area contributed by atoms with Gasteiger partial charge in [-0.05, 0) is 12.1 Å². The summed E-state index contributed by atoms with van der Waals surface area (Å²) in [5.41, 5.74) is 0.307. The number of aliphatic hydroxyl groups excluding tert-OH is 1. The average Bonchev–Trinajstić information content (AvgIpc) is 2.29. The van der Waals surface area contributed by atoms with Crippen LogP contribution in [0, 0.1) is 5.82 Å². The van der Waals surface area contributed by atoms with Crippen LogP contribution in [0.3, 0.4) is 0 Å². The summed E-state index contributed by atoms with van der Waals surface area (Å²) in [6.45, 7) is 1.27. The van der Waals surface area contributed by atoms with Gasteiger partial charge in [-0.15, -0.1) is 0 Å². The molecule has 1 fully saturated rings. The number of hydrogen-bond acceptors (Lipinski definition) is 3. The molecule has 1 atom stereocenters. The maximum absolute atomic E-state index is 13.2. The van der Waals surface area contributed by atoms with E-state index in [4.69, 9.17) is 9.47 Å². The number of aliphatic hydroxyl groups is 1. The van der Waals surface area contributed by atoms with Crippen LogP contribution in [0.1, 0.15) is 30.9 Å². The number of fused-ring (bicyclic) bond motifs is 1. The molecule has 0 saturated carbocycles. The summed E-state index contributed by atoms with van der Waals surface area (Å²) in [5, 5.41) is 10.1. The molecule has 1 N–H and O–H groups in total. The molecule has 1 saturated heterocycles. The Morgan fingerprint density at radius 2 is 2.06 bits per heavy atom. The Hall–Kier alpha value is -1.13. The summed E-state index contributed by atoms with van der Waals surface area (Å²) >= 11 is 0. The Morgan fingerprint density at radius 1 is 1.29 bits per heavy atom. The van der Waals surface area contributed by atoms with Gasteiger partial charge in [-0.1, -0.05) is 0 Å². The minimum absolute atomic E-state index is 0.333. The van der Waals surface area contributed by atoms with Crippen LogP contribution < -0.4 is 4.74 Å². The van der Waals surface area contributed by atoms with Gasteiger partial charge in [0.05, 0.1) is 19.3 Å². The van der Waals surface area contributed by atoms with E-state index in [0.29, 0.717) is 30.9 Å². The second-order valence-corrected chi connectivity index (χ2v) is 4.80. The molecule has 4 heteroatoms. The molecule has 17 heavy (non-hydrogen) atoms. The third-order valence-electron chi connectivity index (χ3n) is 3.63. The minimum atomic E-state index is -0.572. The second-order valence-electron chi connectivity index (χ2n) is 4.80. The summed E-state index contributed by atoms with van der Waals surface area (Å²) in [6.07, 6.45) is 1.49. The highest BCUT2D eigenvalue weighted by molar-refractivity contribution is 5.38. The number of benzene rings is 1. The minimum Gasteiger partial charge on any atom is -0.486 e. The molecule has 2 aliphatic heterocycles. The summed E-state index contributed by atoms with van der Waals surface area (Å²) in [6, 6.07) is 4.31. The van der Waals surface area contributed by atoms with Gasteiger partial charge >= 0.3 is 0 Å². The normalized spacial score (nSPS) is 26.4. The maximum atomic E-state index is 13.2. The van der Waals surface area contributed by atoms with Crippen molar-refractivity contribution in [2.75, 3.05) is 13.2 Å². The van der Waals surface area contributed by atoms with Gasteiger partial charge in [0.15, 0.2) is 0 Å². The number of hydrogen-bond donors (Lipinski definition) is 1. The monoisotopic (exact) mass is 238 g/mol. The Kier molecular flexibility index (Phi) is 2.56. The molecular weight excluding hydrogens is 223 g/mol. The molecule has 2 heterocycles. The molecule has 2 aliphatic rings. The van der Waals surface area contributed by atoms with Gasteiger partial charge in [0.1, 0.15) is 17.2 Å². The van der Waals surface area contributed by atoms with E-state index in [1.165, 1.54) is 12.1 Å². The van der Waals surface area contributed by atoms with Crippen molar-refractivity contribution in [3.05, 3.63) is 29.6 Å². The van der Waals surface area contributed by atoms with E-state index in [1.807, 2.05) is 0 Å². The second kappa shape index (κ2) is 3.96. The number of rotatable bonds is 0. The standard InChI is InChI=1S/C13H15FO3/c14-9-1-2-10-11(15)8-13(17-12(10)7-9)3-5-16-6-4-13/h1-2,7,11,15H,3-6,8H2/t11-/m1/s1. The highest BCUT2D eigenvalue weighted by Gasteiger charge is 2.41. The van der Waals surface area contributed by atoms with Crippen molar-refractivity contribution >= 4 is 0 Å². The van der Waals surface area contributed by atoms with Crippen LogP contribution in [0.25, 0.3) is 0 Å². The molecule has 0 amide bonds. The molecule has 3 nitrogen and oxygen atoms in total. The predicted octanol–water partition coefficient (Wildman–Crippen LogP) is 2.19. The van der Waals surface area contributed by atoms with Crippen LogP contribution >= 0.6 is 0 Å². The quantitative estimate of drug-likeness (QED) is 0.753. The Bertz CT molecular complexity index is 427. The molecule has 3 rings (SSSR count). The zero-order valence-corrected chi connectivity index (χ0v) is 9.49. The SMILES string of the molecule is O[C@@H]1CC2(CCOCC2)Oc2cc(F)ccc21. The zero-order chi connectivity index (χ0) is 11.9. The first-order chi connectivity index (χ1) is 8.19. The van der Waals surface area contributed by atoms with Gasteiger partial charge in [0.2, 0.25) is 0 Å². The highest BCUT2D eigenvalue weighted by atomic mass is 19.1. The maximum Gasteiger partial charge on any atom is 0.128 e. The average molecular weight is 238 g/mol. The van der Waals surface area contributed by atoms with Gasteiger partial charge in [-0.2, -0.15) is 0 Å². The number of halogens is 1. The van der Waals surface area contributed by atoms with E-state index in [-0.39, 0.29) is 11.4 Å². The fraction of sp³-hybridized carbons (Fsp3) is 0.538. The fourth-order valence-corrected chi connectivity index (χ4v) is 2.66. The molecule has 0 aromatic heterocycles. The molecule has 1 aromatic rings. The van der Waals surface area contributed by atoms with Crippen molar-refractivity contribution < 1.29 is 19.0 Å². The molecule has 0 radical (unpaired) electrons. The third-order valence-corrected chi connectivity index (χ3v) is 3.63. The van der Waals surface area contributed by atoms with Crippen LogP contribution in [-0.2, 0) is 4.74 Å². The third kappa shape index (κ3) is 1.91. The van der Waals surface area contributed by atoms with Crippen molar-refractivity contribution in [1.29, 1.82) is 0 Å². The summed E-state index contributed by atoms with van der Waals surface area (Å²) in [4.78, 5) is 0. The van der Waals surface area contributed by atoms with E-state index >= 15 is 0 Å². The van der Waals surface area contributed by atoms with Gasteiger partial charge in [-0.3, -0.25) is 0 Å². The lowest BCUT2D eigenvalue weighted by Gasteiger charge is -2.43. The van der Waals surface area contributed by atoms with Crippen molar-refractivity contribution in [2.45, 2.75) is 31.0 Å². The topological polar surface area (TPSA) is 38.7 Å². The molecule has 1 spiro atoms. The van der Waals surface area contributed by atoms with Crippen LogP contribution in [-0.4, -0.2) is 23.9 Å². The summed E-state index contributed by atoms with van der Waals surface area (Å²) < 4.78 is 24.4. The summed E-state index contributed by atoms with van der Waals surface area (Å²) in [5.74, 6) is 0.144. The highest BCUT2D eigenvalue weighted by Crippen LogP contribution is 2.43. The Labute approximate surface area is 99.2 Å². The first kappa shape index (κ1) is 11.0. The van der Waals surface area contributed by atoms with Crippen molar-refractivity contribution in [2.24, 2.45) is 0 Å². The molecule has 92 valence electrons. The molecule has 0 bridgehead atoms. The van der Waals surface area contributed by atoms with Crippen LogP contribution in [0.4, 0.5) is 4.39 Å². The van der Waals surface area contributed by atoms with Crippen molar-refractivity contribution in [3.8, 4) is 5.75 Å². The van der Waals surface area contributed by atoms with E-state index in [2.05, 4.69) is 0 Å². The first-order valence-corrected chi connectivity index (χ1v) is 5.93. The lowest BCUT2D eigenvalue weighted by atomic mass is 9.83. The predicted molar refractivity (Wildman–Crippen MR) is 59.4 cm³/mol. The van der Waals surface area contributed by atoms with E-state index in [9.17, 15) is 9.50 Å². The number of ether oxygens (including phenoxy) is 2.